The summed E-state index contributed by atoms with van der Waals surface area (Å²) in [4.78, 5) is 23.1. The van der Waals surface area contributed by atoms with E-state index in [-0.39, 0.29) is 5.91 Å². The number of hydrogen-bond donors (Lipinski definition) is 1. The fraction of sp³-hybridized carbons (Fsp3) is 0.706. The number of nitrogens with zero attached hydrogens (tertiary/aromatic N) is 3. The number of hydrogen-bond acceptors (Lipinski definition) is 4. The number of nitrogens with one attached hydrogen (secondary N) is 1. The summed E-state index contributed by atoms with van der Waals surface area (Å²) in [5.74, 6) is 0.952. The number of likely N-dealkylation sites (tertiary alicyclic amines) is 1. The van der Waals surface area contributed by atoms with Gasteiger partial charge in [0.05, 0.1) is 0 Å². The van der Waals surface area contributed by atoms with Crippen molar-refractivity contribution in [2.75, 3.05) is 20.1 Å². The molecule has 0 unspecified atom stereocenters. The third kappa shape index (κ3) is 5.37. The van der Waals surface area contributed by atoms with Crippen molar-refractivity contribution >= 4 is 5.91 Å². The summed E-state index contributed by atoms with van der Waals surface area (Å²) >= 11 is 0. The normalized spacial score (nSPS) is 19.1. The van der Waals surface area contributed by atoms with Crippen LogP contribution in [-0.4, -0.2) is 47.0 Å². The Morgan fingerprint density at radius 2 is 2.05 bits per heavy atom. The first-order valence-corrected chi connectivity index (χ1v) is 8.32. The summed E-state index contributed by atoms with van der Waals surface area (Å²) in [6.45, 7) is 5.72. The number of aromatic nitrogens is 2. The molecule has 122 valence electrons. The molecule has 1 fully saturated rings. The van der Waals surface area contributed by atoms with Crippen molar-refractivity contribution in [1.82, 2.24) is 20.2 Å². The van der Waals surface area contributed by atoms with Gasteiger partial charge < -0.3 is 10.2 Å². The van der Waals surface area contributed by atoms with Gasteiger partial charge in [-0.2, -0.15) is 0 Å². The van der Waals surface area contributed by atoms with E-state index in [0.29, 0.717) is 25.4 Å². The van der Waals surface area contributed by atoms with Crippen molar-refractivity contribution in [1.29, 1.82) is 0 Å². The van der Waals surface area contributed by atoms with Crippen molar-refractivity contribution in [2.45, 2.75) is 58.4 Å². The minimum atomic E-state index is 0.142. The number of aryl methyl sites for hydroxylation is 2. The van der Waals surface area contributed by atoms with Crippen LogP contribution in [0.5, 0.6) is 0 Å². The Hall–Kier alpha value is -1.49. The summed E-state index contributed by atoms with van der Waals surface area (Å²) in [5.41, 5.74) is 1.96. The van der Waals surface area contributed by atoms with Crippen molar-refractivity contribution < 1.29 is 4.79 Å². The standard InChI is InChI=1S/C17H28N4O/c1-13-12-14(2)20-16(19-13)9-10-18-17(22)8-7-15-6-4-5-11-21(15)3/h12,15H,4-11H2,1-3H3,(H,18,22)/t15-/m1/s1. The second-order valence-electron chi connectivity index (χ2n) is 6.34. The smallest absolute Gasteiger partial charge is 0.220 e. The van der Waals surface area contributed by atoms with Gasteiger partial charge in [0.1, 0.15) is 5.82 Å². The second-order valence-corrected chi connectivity index (χ2v) is 6.34. The molecule has 1 amide bonds. The van der Waals surface area contributed by atoms with Gasteiger partial charge in [-0.15, -0.1) is 0 Å². The maximum Gasteiger partial charge on any atom is 0.220 e. The van der Waals surface area contributed by atoms with Gasteiger partial charge in [0, 0.05) is 36.8 Å². The number of carbonyl (C=O) groups is 1. The zero-order valence-corrected chi connectivity index (χ0v) is 14.1. The summed E-state index contributed by atoms with van der Waals surface area (Å²) in [7, 11) is 2.17. The molecule has 1 saturated heterocycles. The maximum absolute atomic E-state index is 11.9. The molecule has 0 spiro atoms. The van der Waals surface area contributed by atoms with E-state index in [2.05, 4.69) is 27.2 Å². The first-order chi connectivity index (χ1) is 10.5. The van der Waals surface area contributed by atoms with Crippen molar-refractivity contribution in [2.24, 2.45) is 0 Å². The van der Waals surface area contributed by atoms with Crippen molar-refractivity contribution in [3.63, 3.8) is 0 Å². The Morgan fingerprint density at radius 3 is 2.73 bits per heavy atom. The molecule has 2 heterocycles. The summed E-state index contributed by atoms with van der Waals surface area (Å²) in [5, 5.41) is 2.99. The zero-order valence-electron chi connectivity index (χ0n) is 14.1. The zero-order chi connectivity index (χ0) is 15.9. The highest BCUT2D eigenvalue weighted by Gasteiger charge is 2.19. The molecule has 1 aliphatic rings. The molecule has 1 atom stereocenters. The van der Waals surface area contributed by atoms with Crippen LogP contribution in [-0.2, 0) is 11.2 Å². The minimum Gasteiger partial charge on any atom is -0.356 e. The molecule has 0 radical (unpaired) electrons. The average Bonchev–Trinajstić information content (AvgIpc) is 2.45. The Bertz CT molecular complexity index is 483. The summed E-state index contributed by atoms with van der Waals surface area (Å²) in [6.07, 6.45) is 6.07. The predicted molar refractivity (Wildman–Crippen MR) is 87.7 cm³/mol. The molecule has 1 N–H and O–H groups in total. The van der Waals surface area contributed by atoms with E-state index in [1.165, 1.54) is 19.3 Å². The van der Waals surface area contributed by atoms with Gasteiger partial charge in [-0.3, -0.25) is 4.79 Å². The van der Waals surface area contributed by atoms with Crippen LogP contribution in [0.15, 0.2) is 6.07 Å². The largest absolute Gasteiger partial charge is 0.356 e. The average molecular weight is 304 g/mol. The number of carbonyl (C=O) groups excluding carboxylic acids is 1. The summed E-state index contributed by atoms with van der Waals surface area (Å²) in [6, 6.07) is 2.53. The molecule has 0 bridgehead atoms. The third-order valence-electron chi connectivity index (χ3n) is 4.33. The lowest BCUT2D eigenvalue weighted by Gasteiger charge is -2.32. The van der Waals surface area contributed by atoms with Gasteiger partial charge >= 0.3 is 0 Å². The van der Waals surface area contributed by atoms with E-state index in [0.717, 1.165) is 30.2 Å². The lowest BCUT2D eigenvalue weighted by Crippen LogP contribution is -2.37. The molecular formula is C17H28N4O. The van der Waals surface area contributed by atoms with Crippen LogP contribution in [0.1, 0.15) is 49.3 Å². The lowest BCUT2D eigenvalue weighted by molar-refractivity contribution is -0.121. The quantitative estimate of drug-likeness (QED) is 0.873. The predicted octanol–water partition coefficient (Wildman–Crippen LogP) is 2.02. The molecular weight excluding hydrogens is 276 g/mol. The molecule has 5 nitrogen and oxygen atoms in total. The molecule has 5 heteroatoms. The van der Waals surface area contributed by atoms with Crippen LogP contribution >= 0.6 is 0 Å². The highest BCUT2D eigenvalue weighted by molar-refractivity contribution is 5.75. The van der Waals surface area contributed by atoms with Crippen molar-refractivity contribution in [3.8, 4) is 0 Å². The van der Waals surface area contributed by atoms with E-state index < -0.39 is 0 Å². The Labute approximate surface area is 133 Å². The van der Waals surface area contributed by atoms with Crippen LogP contribution in [0.2, 0.25) is 0 Å². The third-order valence-corrected chi connectivity index (χ3v) is 4.33. The number of rotatable bonds is 6. The molecule has 1 aromatic heterocycles. The Kier molecular flexibility index (Phi) is 6.31. The lowest BCUT2D eigenvalue weighted by atomic mass is 9.98. The van der Waals surface area contributed by atoms with Gasteiger partial charge in [0.25, 0.3) is 0 Å². The van der Waals surface area contributed by atoms with E-state index in [9.17, 15) is 4.79 Å². The molecule has 0 aromatic carbocycles. The van der Waals surface area contributed by atoms with Crippen LogP contribution in [0.4, 0.5) is 0 Å². The fourth-order valence-corrected chi connectivity index (χ4v) is 3.12. The second kappa shape index (κ2) is 8.22. The van der Waals surface area contributed by atoms with E-state index in [1.54, 1.807) is 0 Å². The molecule has 0 aliphatic carbocycles. The Morgan fingerprint density at radius 1 is 1.32 bits per heavy atom. The minimum absolute atomic E-state index is 0.142. The molecule has 1 aromatic rings. The topological polar surface area (TPSA) is 58.1 Å². The maximum atomic E-state index is 11.9. The highest BCUT2D eigenvalue weighted by Crippen LogP contribution is 2.18. The van der Waals surface area contributed by atoms with Crippen LogP contribution in [0.25, 0.3) is 0 Å². The van der Waals surface area contributed by atoms with Gasteiger partial charge in [-0.25, -0.2) is 9.97 Å². The first kappa shape index (κ1) is 16.9. The molecule has 22 heavy (non-hydrogen) atoms. The van der Waals surface area contributed by atoms with E-state index in [4.69, 9.17) is 0 Å². The highest BCUT2D eigenvalue weighted by atomic mass is 16.1. The van der Waals surface area contributed by atoms with E-state index in [1.807, 2.05) is 19.9 Å². The fourth-order valence-electron chi connectivity index (χ4n) is 3.12. The first-order valence-electron chi connectivity index (χ1n) is 8.32. The van der Waals surface area contributed by atoms with Gasteiger partial charge in [-0.1, -0.05) is 6.42 Å². The van der Waals surface area contributed by atoms with Crippen molar-refractivity contribution in [3.05, 3.63) is 23.3 Å². The monoisotopic (exact) mass is 304 g/mol. The van der Waals surface area contributed by atoms with Gasteiger partial charge in [-0.05, 0) is 52.8 Å². The number of amides is 1. The van der Waals surface area contributed by atoms with Crippen LogP contribution < -0.4 is 5.32 Å². The molecule has 1 aliphatic heterocycles. The molecule has 0 saturated carbocycles. The Balaban J connectivity index is 1.67. The molecule has 2 rings (SSSR count). The SMILES string of the molecule is Cc1cc(C)nc(CCNC(=O)CC[C@H]2CCCCN2C)n1. The van der Waals surface area contributed by atoms with Crippen LogP contribution in [0.3, 0.4) is 0 Å². The number of piperidine rings is 1. The van der Waals surface area contributed by atoms with Crippen LogP contribution in [0, 0.1) is 13.8 Å². The summed E-state index contributed by atoms with van der Waals surface area (Å²) < 4.78 is 0. The van der Waals surface area contributed by atoms with E-state index >= 15 is 0 Å². The van der Waals surface area contributed by atoms with Gasteiger partial charge in [0.15, 0.2) is 0 Å². The van der Waals surface area contributed by atoms with Gasteiger partial charge in [0.2, 0.25) is 5.91 Å².